The third-order valence-corrected chi connectivity index (χ3v) is 5.74. The second-order valence-electron chi connectivity index (χ2n) is 9.29. The summed E-state index contributed by atoms with van der Waals surface area (Å²) in [5, 5.41) is 1.00. The van der Waals surface area contributed by atoms with Crippen LogP contribution < -0.4 is 4.74 Å². The molecule has 0 unspecified atom stereocenters. The molecule has 1 N–H and O–H groups in total. The van der Waals surface area contributed by atoms with Gasteiger partial charge in [-0.1, -0.05) is 6.07 Å². The molecule has 0 saturated heterocycles. The Morgan fingerprint density at radius 3 is 2.21 bits per heavy atom. The smallest absolute Gasteiger partial charge is 0.466 e. The fourth-order valence-corrected chi connectivity index (χ4v) is 4.44. The van der Waals surface area contributed by atoms with Crippen molar-refractivity contribution in [2.24, 2.45) is 0 Å². The van der Waals surface area contributed by atoms with E-state index in [2.05, 4.69) is 9.88 Å². The standard InChI is InChI=1S/C21H35N2O5P/c1-20(2,3)27-29(24,28-21(4,5)6)26-15-25-18-11-9-10-17-19(18)16(14-22-17)12-13-23(7)8/h9-11,14,22H,12-13,15H2,1-8H3. The first-order valence-corrected chi connectivity index (χ1v) is 11.3. The van der Waals surface area contributed by atoms with Gasteiger partial charge in [0.1, 0.15) is 5.75 Å². The molecule has 8 heteroatoms. The van der Waals surface area contributed by atoms with Crippen LogP contribution in [0.1, 0.15) is 47.1 Å². The molecular weight excluding hydrogens is 391 g/mol. The van der Waals surface area contributed by atoms with Gasteiger partial charge in [0.05, 0.1) is 11.2 Å². The van der Waals surface area contributed by atoms with Crippen LogP contribution in [-0.2, 0) is 24.6 Å². The van der Waals surface area contributed by atoms with Gasteiger partial charge in [-0.15, -0.1) is 0 Å². The number of rotatable bonds is 9. The molecule has 0 aliphatic rings. The lowest BCUT2D eigenvalue weighted by molar-refractivity contribution is -0.0186. The van der Waals surface area contributed by atoms with Gasteiger partial charge in [-0.25, -0.2) is 9.09 Å². The van der Waals surface area contributed by atoms with Crippen molar-refractivity contribution in [3.8, 4) is 5.75 Å². The molecule has 0 amide bonds. The summed E-state index contributed by atoms with van der Waals surface area (Å²) >= 11 is 0. The summed E-state index contributed by atoms with van der Waals surface area (Å²) < 4.78 is 35.8. The molecule has 1 heterocycles. The number of hydrogen-bond acceptors (Lipinski definition) is 6. The van der Waals surface area contributed by atoms with Crippen molar-refractivity contribution in [3.63, 3.8) is 0 Å². The zero-order valence-electron chi connectivity index (χ0n) is 18.9. The molecule has 0 saturated carbocycles. The molecular formula is C21H35N2O5P. The molecule has 0 aliphatic heterocycles. The molecule has 0 radical (unpaired) electrons. The molecule has 7 nitrogen and oxygen atoms in total. The minimum atomic E-state index is -3.82. The predicted octanol–water partition coefficient (Wildman–Crippen LogP) is 5.36. The van der Waals surface area contributed by atoms with Gasteiger partial charge in [0.25, 0.3) is 0 Å². The first kappa shape index (κ1) is 23.9. The average molecular weight is 426 g/mol. The molecule has 0 bridgehead atoms. The fourth-order valence-electron chi connectivity index (χ4n) is 2.78. The SMILES string of the molecule is CN(C)CCc1c[nH]c2cccc(OCOP(=O)(OC(C)(C)C)OC(C)(C)C)c12. The maximum atomic E-state index is 13.1. The van der Waals surface area contributed by atoms with Crippen LogP contribution in [0.2, 0.25) is 0 Å². The van der Waals surface area contributed by atoms with E-state index in [1.165, 1.54) is 0 Å². The summed E-state index contributed by atoms with van der Waals surface area (Å²) in [5.74, 6) is 0.663. The van der Waals surface area contributed by atoms with Gasteiger partial charge in [-0.2, -0.15) is 0 Å². The monoisotopic (exact) mass is 426 g/mol. The van der Waals surface area contributed by atoms with Crippen LogP contribution in [0.25, 0.3) is 10.9 Å². The number of aromatic amines is 1. The van der Waals surface area contributed by atoms with Crippen LogP contribution in [-0.4, -0.2) is 48.5 Å². The summed E-state index contributed by atoms with van der Waals surface area (Å²) in [4.78, 5) is 5.41. The Hall–Kier alpha value is -1.37. The Bertz CT molecular complexity index is 829. The van der Waals surface area contributed by atoms with E-state index in [1.54, 1.807) is 41.5 Å². The third-order valence-electron chi connectivity index (χ3n) is 3.77. The average Bonchev–Trinajstić information content (AvgIpc) is 2.93. The number of nitrogens with one attached hydrogen (secondary N) is 1. The van der Waals surface area contributed by atoms with Crippen molar-refractivity contribution in [1.82, 2.24) is 9.88 Å². The molecule has 0 atom stereocenters. The highest BCUT2D eigenvalue weighted by atomic mass is 31.2. The first-order chi connectivity index (χ1) is 13.3. The summed E-state index contributed by atoms with van der Waals surface area (Å²) in [6.07, 6.45) is 2.88. The highest BCUT2D eigenvalue weighted by molar-refractivity contribution is 7.48. The second-order valence-corrected chi connectivity index (χ2v) is 10.8. The van der Waals surface area contributed by atoms with Crippen molar-refractivity contribution in [1.29, 1.82) is 0 Å². The van der Waals surface area contributed by atoms with E-state index >= 15 is 0 Å². The van der Waals surface area contributed by atoms with Gasteiger partial charge in [0, 0.05) is 23.6 Å². The Morgan fingerprint density at radius 1 is 1.03 bits per heavy atom. The highest BCUT2D eigenvalue weighted by Gasteiger charge is 2.37. The number of likely N-dealkylation sites (N-methyl/N-ethyl adjacent to an activating group) is 1. The quantitative estimate of drug-likeness (QED) is 0.430. The number of aromatic nitrogens is 1. The fraction of sp³-hybridized carbons (Fsp3) is 0.619. The highest BCUT2D eigenvalue weighted by Crippen LogP contribution is 2.55. The lowest BCUT2D eigenvalue weighted by Crippen LogP contribution is -2.25. The molecule has 2 rings (SSSR count). The summed E-state index contributed by atoms with van der Waals surface area (Å²) in [7, 11) is 0.265. The number of hydrogen-bond donors (Lipinski definition) is 1. The van der Waals surface area contributed by atoms with Crippen LogP contribution in [0.5, 0.6) is 5.75 Å². The Kier molecular flexibility index (Phi) is 7.57. The third kappa shape index (κ3) is 7.76. The Balaban J connectivity index is 2.16. The molecule has 0 aliphatic carbocycles. The van der Waals surface area contributed by atoms with Gasteiger partial charge in [-0.3, -0.25) is 9.05 Å². The number of H-pyrrole nitrogens is 1. The van der Waals surface area contributed by atoms with Crippen molar-refractivity contribution >= 4 is 18.7 Å². The van der Waals surface area contributed by atoms with E-state index in [1.807, 2.05) is 38.5 Å². The number of nitrogens with zero attached hydrogens (tertiary/aromatic N) is 1. The number of ether oxygens (including phenoxy) is 1. The van der Waals surface area contributed by atoms with Crippen LogP contribution in [0.3, 0.4) is 0 Å². The van der Waals surface area contributed by atoms with Crippen molar-refractivity contribution in [2.45, 2.75) is 59.2 Å². The van der Waals surface area contributed by atoms with Gasteiger partial charge < -0.3 is 14.6 Å². The second kappa shape index (κ2) is 9.19. The van der Waals surface area contributed by atoms with Crippen LogP contribution in [0, 0.1) is 0 Å². The molecule has 164 valence electrons. The predicted molar refractivity (Wildman–Crippen MR) is 116 cm³/mol. The minimum absolute atomic E-state index is 0.249. The largest absolute Gasteiger partial charge is 0.478 e. The number of benzene rings is 1. The summed E-state index contributed by atoms with van der Waals surface area (Å²) in [5.41, 5.74) is 0.752. The van der Waals surface area contributed by atoms with Crippen molar-refractivity contribution < 1.29 is 22.9 Å². The molecule has 1 aromatic carbocycles. The number of fused-ring (bicyclic) bond motifs is 1. The van der Waals surface area contributed by atoms with Crippen LogP contribution >= 0.6 is 7.82 Å². The number of phosphoric ester groups is 1. The van der Waals surface area contributed by atoms with Crippen molar-refractivity contribution in [3.05, 3.63) is 30.0 Å². The Morgan fingerprint density at radius 2 is 1.66 bits per heavy atom. The Labute approximate surface area is 174 Å². The summed E-state index contributed by atoms with van der Waals surface area (Å²) in [6.45, 7) is 11.5. The number of phosphoric acid groups is 1. The normalized spacial score (nSPS) is 13.4. The zero-order valence-corrected chi connectivity index (χ0v) is 19.8. The topological polar surface area (TPSA) is 73.0 Å². The van der Waals surface area contributed by atoms with E-state index < -0.39 is 19.0 Å². The van der Waals surface area contributed by atoms with Crippen LogP contribution in [0.4, 0.5) is 0 Å². The van der Waals surface area contributed by atoms with Gasteiger partial charge in [-0.05, 0) is 79.8 Å². The van der Waals surface area contributed by atoms with E-state index in [0.29, 0.717) is 5.75 Å². The maximum absolute atomic E-state index is 13.1. The van der Waals surface area contributed by atoms with Crippen molar-refractivity contribution in [2.75, 3.05) is 27.4 Å². The first-order valence-electron chi connectivity index (χ1n) is 9.81. The maximum Gasteiger partial charge on any atom is 0.478 e. The van der Waals surface area contributed by atoms with Crippen LogP contribution in [0.15, 0.2) is 24.4 Å². The van der Waals surface area contributed by atoms with E-state index in [0.717, 1.165) is 29.4 Å². The molecule has 2 aromatic rings. The molecule has 1 aromatic heterocycles. The molecule has 0 fully saturated rings. The minimum Gasteiger partial charge on any atom is -0.466 e. The van der Waals surface area contributed by atoms with Gasteiger partial charge >= 0.3 is 7.82 Å². The zero-order chi connectivity index (χ0) is 21.9. The lowest BCUT2D eigenvalue weighted by Gasteiger charge is -2.30. The molecule has 29 heavy (non-hydrogen) atoms. The van der Waals surface area contributed by atoms with E-state index in [9.17, 15) is 4.57 Å². The van der Waals surface area contributed by atoms with Gasteiger partial charge in [0.2, 0.25) is 0 Å². The van der Waals surface area contributed by atoms with E-state index in [-0.39, 0.29) is 6.79 Å². The van der Waals surface area contributed by atoms with Gasteiger partial charge in [0.15, 0.2) is 6.79 Å². The lowest BCUT2D eigenvalue weighted by atomic mass is 10.1. The van der Waals surface area contributed by atoms with E-state index in [4.69, 9.17) is 18.3 Å². The summed E-state index contributed by atoms with van der Waals surface area (Å²) in [6, 6.07) is 5.78. The molecule has 0 spiro atoms.